The van der Waals surface area contributed by atoms with Gasteiger partial charge in [-0.2, -0.15) is 0 Å². The second kappa shape index (κ2) is 6.64. The van der Waals surface area contributed by atoms with Gasteiger partial charge in [0, 0.05) is 24.4 Å². The highest BCUT2D eigenvalue weighted by Gasteiger charge is 2.29. The first-order valence-corrected chi connectivity index (χ1v) is 7.54. The van der Waals surface area contributed by atoms with Crippen molar-refractivity contribution in [2.75, 3.05) is 11.9 Å². The van der Waals surface area contributed by atoms with Gasteiger partial charge >= 0.3 is 0 Å². The Bertz CT molecular complexity index is 564. The van der Waals surface area contributed by atoms with Crippen LogP contribution in [0.1, 0.15) is 19.8 Å². The summed E-state index contributed by atoms with van der Waals surface area (Å²) < 4.78 is 11.4. The number of hydrogen-bond donors (Lipinski definition) is 1. The van der Waals surface area contributed by atoms with Crippen LogP contribution in [0.25, 0.3) is 0 Å². The standard InChI is InChI=1S/C18H21NO2/c1-2-20-18-12-15(13-18)19-14-7-6-10-17(11-14)21-16-8-4-3-5-9-16/h3-11,15,18-19H,2,12-13H2,1H3. The van der Waals surface area contributed by atoms with Gasteiger partial charge < -0.3 is 14.8 Å². The average Bonchev–Trinajstić information content (AvgIpc) is 2.47. The van der Waals surface area contributed by atoms with Crippen LogP contribution in [0.3, 0.4) is 0 Å². The molecule has 0 atom stereocenters. The molecule has 0 spiro atoms. The summed E-state index contributed by atoms with van der Waals surface area (Å²) in [5.41, 5.74) is 1.10. The van der Waals surface area contributed by atoms with Crippen LogP contribution in [-0.2, 0) is 4.74 Å². The molecule has 0 unspecified atom stereocenters. The molecule has 0 aromatic heterocycles. The number of benzene rings is 2. The third-order valence-electron chi connectivity index (χ3n) is 3.68. The second-order valence-electron chi connectivity index (χ2n) is 5.33. The van der Waals surface area contributed by atoms with Gasteiger partial charge in [0.15, 0.2) is 0 Å². The van der Waals surface area contributed by atoms with E-state index in [1.54, 1.807) is 0 Å². The van der Waals surface area contributed by atoms with E-state index in [-0.39, 0.29) is 0 Å². The molecule has 0 radical (unpaired) electrons. The van der Waals surface area contributed by atoms with Crippen molar-refractivity contribution in [3.63, 3.8) is 0 Å². The van der Waals surface area contributed by atoms with E-state index >= 15 is 0 Å². The van der Waals surface area contributed by atoms with Gasteiger partial charge in [0.1, 0.15) is 11.5 Å². The van der Waals surface area contributed by atoms with Crippen molar-refractivity contribution in [2.45, 2.75) is 31.9 Å². The number of ether oxygens (including phenoxy) is 2. The second-order valence-corrected chi connectivity index (χ2v) is 5.33. The first kappa shape index (κ1) is 14.0. The molecular weight excluding hydrogens is 262 g/mol. The molecule has 1 aliphatic rings. The molecule has 0 bridgehead atoms. The molecule has 1 fully saturated rings. The van der Waals surface area contributed by atoms with E-state index in [2.05, 4.69) is 11.4 Å². The molecule has 110 valence electrons. The van der Waals surface area contributed by atoms with E-state index < -0.39 is 0 Å². The maximum absolute atomic E-state index is 5.85. The predicted molar refractivity (Wildman–Crippen MR) is 85.0 cm³/mol. The molecule has 3 heteroatoms. The molecular formula is C18H21NO2. The lowest BCUT2D eigenvalue weighted by Gasteiger charge is -2.36. The lowest BCUT2D eigenvalue weighted by molar-refractivity contribution is 0.00299. The van der Waals surface area contributed by atoms with Crippen molar-refractivity contribution < 1.29 is 9.47 Å². The fourth-order valence-corrected chi connectivity index (χ4v) is 2.56. The van der Waals surface area contributed by atoms with Gasteiger partial charge in [0.25, 0.3) is 0 Å². The first-order chi connectivity index (χ1) is 10.3. The number of hydrogen-bond acceptors (Lipinski definition) is 3. The fourth-order valence-electron chi connectivity index (χ4n) is 2.56. The first-order valence-electron chi connectivity index (χ1n) is 7.54. The van der Waals surface area contributed by atoms with E-state index in [1.807, 2.05) is 55.5 Å². The van der Waals surface area contributed by atoms with E-state index in [9.17, 15) is 0 Å². The normalized spacial score (nSPS) is 20.6. The van der Waals surface area contributed by atoms with Crippen LogP contribution in [-0.4, -0.2) is 18.8 Å². The van der Waals surface area contributed by atoms with E-state index in [0.717, 1.165) is 36.6 Å². The Balaban J connectivity index is 1.57. The average molecular weight is 283 g/mol. The van der Waals surface area contributed by atoms with Gasteiger partial charge in [-0.1, -0.05) is 24.3 Å². The Morgan fingerprint density at radius 1 is 1.00 bits per heavy atom. The summed E-state index contributed by atoms with van der Waals surface area (Å²) >= 11 is 0. The molecule has 0 amide bonds. The van der Waals surface area contributed by atoms with E-state index in [0.29, 0.717) is 12.1 Å². The maximum atomic E-state index is 5.85. The Kier molecular flexibility index (Phi) is 4.41. The zero-order chi connectivity index (χ0) is 14.5. The quantitative estimate of drug-likeness (QED) is 0.849. The van der Waals surface area contributed by atoms with Gasteiger partial charge in [-0.15, -0.1) is 0 Å². The lowest BCUT2D eigenvalue weighted by atomic mass is 9.89. The summed E-state index contributed by atoms with van der Waals surface area (Å²) in [7, 11) is 0. The van der Waals surface area contributed by atoms with Crippen LogP contribution < -0.4 is 10.1 Å². The third kappa shape index (κ3) is 3.76. The zero-order valence-corrected chi connectivity index (χ0v) is 12.3. The summed E-state index contributed by atoms with van der Waals surface area (Å²) in [5, 5.41) is 3.53. The molecule has 1 N–H and O–H groups in total. The lowest BCUT2D eigenvalue weighted by Crippen LogP contribution is -2.40. The van der Waals surface area contributed by atoms with Crippen molar-refractivity contribution in [3.05, 3.63) is 54.6 Å². The highest BCUT2D eigenvalue weighted by molar-refractivity contribution is 5.50. The highest BCUT2D eigenvalue weighted by Crippen LogP contribution is 2.29. The molecule has 2 aromatic rings. The molecule has 0 aliphatic heterocycles. The molecule has 0 saturated heterocycles. The SMILES string of the molecule is CCOC1CC(Nc2cccc(Oc3ccccc3)c2)C1. The van der Waals surface area contributed by atoms with Crippen molar-refractivity contribution in [2.24, 2.45) is 0 Å². The largest absolute Gasteiger partial charge is 0.457 e. The molecule has 3 nitrogen and oxygen atoms in total. The summed E-state index contributed by atoms with van der Waals surface area (Å²) in [6, 6.07) is 18.5. The predicted octanol–water partition coefficient (Wildman–Crippen LogP) is 4.46. The highest BCUT2D eigenvalue weighted by atomic mass is 16.5. The maximum Gasteiger partial charge on any atom is 0.129 e. The van der Waals surface area contributed by atoms with Crippen LogP contribution in [0.5, 0.6) is 11.5 Å². The third-order valence-corrected chi connectivity index (χ3v) is 3.68. The van der Waals surface area contributed by atoms with Crippen molar-refractivity contribution in [3.8, 4) is 11.5 Å². The van der Waals surface area contributed by atoms with Gasteiger partial charge in [-0.05, 0) is 44.0 Å². The van der Waals surface area contributed by atoms with Gasteiger partial charge in [-0.25, -0.2) is 0 Å². The Morgan fingerprint density at radius 2 is 1.76 bits per heavy atom. The Hall–Kier alpha value is -2.00. The summed E-state index contributed by atoms with van der Waals surface area (Å²) in [4.78, 5) is 0. The fraction of sp³-hybridized carbons (Fsp3) is 0.333. The minimum Gasteiger partial charge on any atom is -0.457 e. The number of rotatable bonds is 6. The van der Waals surface area contributed by atoms with Crippen molar-refractivity contribution >= 4 is 5.69 Å². The molecule has 1 aliphatic carbocycles. The topological polar surface area (TPSA) is 30.5 Å². The summed E-state index contributed by atoms with van der Waals surface area (Å²) in [6.45, 7) is 2.85. The molecule has 21 heavy (non-hydrogen) atoms. The van der Waals surface area contributed by atoms with Crippen LogP contribution >= 0.6 is 0 Å². The number of anilines is 1. The van der Waals surface area contributed by atoms with E-state index in [4.69, 9.17) is 9.47 Å². The molecule has 0 heterocycles. The van der Waals surface area contributed by atoms with Gasteiger partial charge in [-0.3, -0.25) is 0 Å². The van der Waals surface area contributed by atoms with Crippen molar-refractivity contribution in [1.82, 2.24) is 0 Å². The molecule has 1 saturated carbocycles. The molecule has 2 aromatic carbocycles. The van der Waals surface area contributed by atoms with Gasteiger partial charge in [0.2, 0.25) is 0 Å². The van der Waals surface area contributed by atoms with E-state index in [1.165, 1.54) is 0 Å². The number of para-hydroxylation sites is 1. The van der Waals surface area contributed by atoms with Gasteiger partial charge in [0.05, 0.1) is 6.10 Å². The smallest absolute Gasteiger partial charge is 0.129 e. The monoisotopic (exact) mass is 283 g/mol. The Morgan fingerprint density at radius 3 is 2.52 bits per heavy atom. The van der Waals surface area contributed by atoms with Crippen LogP contribution in [0.4, 0.5) is 5.69 Å². The van der Waals surface area contributed by atoms with Crippen LogP contribution in [0.15, 0.2) is 54.6 Å². The molecule has 3 rings (SSSR count). The summed E-state index contributed by atoms with van der Waals surface area (Å²) in [6.07, 6.45) is 2.59. The van der Waals surface area contributed by atoms with Crippen LogP contribution in [0, 0.1) is 0 Å². The minimum atomic E-state index is 0.427. The van der Waals surface area contributed by atoms with Crippen molar-refractivity contribution in [1.29, 1.82) is 0 Å². The zero-order valence-electron chi connectivity index (χ0n) is 12.3. The minimum absolute atomic E-state index is 0.427. The number of nitrogens with one attached hydrogen (secondary N) is 1. The van der Waals surface area contributed by atoms with Crippen LogP contribution in [0.2, 0.25) is 0 Å². The summed E-state index contributed by atoms with van der Waals surface area (Å²) in [5.74, 6) is 1.71. The Labute approximate surface area is 125 Å².